The lowest BCUT2D eigenvalue weighted by Gasteiger charge is -2.15. The first kappa shape index (κ1) is 13.9. The largest absolute Gasteiger partial charge is 0.487 e. The van der Waals surface area contributed by atoms with Crippen LogP contribution in [0.3, 0.4) is 0 Å². The molecular weight excluding hydrogens is 240 g/mol. The van der Waals surface area contributed by atoms with Gasteiger partial charge in [-0.1, -0.05) is 18.2 Å². The molecule has 0 saturated heterocycles. The molecule has 2 N–H and O–H groups in total. The number of quaternary nitrogens is 1. The molecule has 1 aliphatic rings. The predicted octanol–water partition coefficient (Wildman–Crippen LogP) is 0.167. The van der Waals surface area contributed by atoms with Crippen molar-refractivity contribution in [3.8, 4) is 5.75 Å². The third-order valence-electron chi connectivity index (χ3n) is 3.28. The summed E-state index contributed by atoms with van der Waals surface area (Å²) in [6.07, 6.45) is 2.28. The van der Waals surface area contributed by atoms with E-state index in [0.29, 0.717) is 19.2 Å². The Morgan fingerprint density at radius 3 is 2.84 bits per heavy atom. The first-order valence-electron chi connectivity index (χ1n) is 6.94. The number of amides is 1. The van der Waals surface area contributed by atoms with Gasteiger partial charge in [-0.3, -0.25) is 4.79 Å². The molecule has 104 valence electrons. The molecule has 1 aromatic carbocycles. The number of hydrogen-bond donors (Lipinski definition) is 2. The first-order chi connectivity index (χ1) is 9.15. The molecule has 1 amide bonds. The molecule has 4 nitrogen and oxygen atoms in total. The highest BCUT2D eigenvalue weighted by molar-refractivity contribution is 5.77. The summed E-state index contributed by atoms with van der Waals surface area (Å²) in [5.41, 5.74) is 1.15. The number of para-hydroxylation sites is 1. The second-order valence-electron chi connectivity index (χ2n) is 5.34. The van der Waals surface area contributed by atoms with E-state index in [4.69, 9.17) is 4.74 Å². The van der Waals surface area contributed by atoms with Crippen LogP contribution < -0.4 is 15.0 Å². The fraction of sp³-hybridized carbons (Fsp3) is 0.533. The third-order valence-corrected chi connectivity index (χ3v) is 3.28. The molecule has 1 unspecified atom stereocenters. The van der Waals surface area contributed by atoms with Crippen LogP contribution in [0.1, 0.15) is 18.4 Å². The van der Waals surface area contributed by atoms with E-state index in [1.165, 1.54) is 4.90 Å². The number of rotatable bonds is 7. The monoisotopic (exact) mass is 263 g/mol. The van der Waals surface area contributed by atoms with E-state index in [0.717, 1.165) is 30.7 Å². The van der Waals surface area contributed by atoms with Crippen molar-refractivity contribution in [2.45, 2.75) is 25.8 Å². The summed E-state index contributed by atoms with van der Waals surface area (Å²) in [4.78, 5) is 12.8. The minimum Gasteiger partial charge on any atom is -0.487 e. The molecule has 0 spiro atoms. The summed E-state index contributed by atoms with van der Waals surface area (Å²) < 4.78 is 5.73. The van der Waals surface area contributed by atoms with E-state index >= 15 is 0 Å². The second kappa shape index (κ2) is 6.57. The Hall–Kier alpha value is -1.55. The molecule has 1 fully saturated rings. The summed E-state index contributed by atoms with van der Waals surface area (Å²) in [6.45, 7) is 4.02. The van der Waals surface area contributed by atoms with Gasteiger partial charge in [0.25, 0.3) is 5.91 Å². The summed E-state index contributed by atoms with van der Waals surface area (Å²) in [5.74, 6) is 1.08. The third kappa shape index (κ3) is 4.91. The van der Waals surface area contributed by atoms with Gasteiger partial charge in [-0.2, -0.15) is 0 Å². The molecule has 0 bridgehead atoms. The smallest absolute Gasteiger partial charge is 0.275 e. The Balaban J connectivity index is 1.64. The normalized spacial score (nSPS) is 15.9. The van der Waals surface area contributed by atoms with Gasteiger partial charge in [0.15, 0.2) is 6.54 Å². The number of benzene rings is 1. The van der Waals surface area contributed by atoms with Gasteiger partial charge < -0.3 is 15.0 Å². The van der Waals surface area contributed by atoms with Crippen LogP contribution in [0.4, 0.5) is 0 Å². The van der Waals surface area contributed by atoms with Crippen LogP contribution in [0.2, 0.25) is 0 Å². The van der Waals surface area contributed by atoms with Gasteiger partial charge in [0.1, 0.15) is 18.9 Å². The Kier molecular flexibility index (Phi) is 4.80. The molecule has 1 aromatic rings. The molecule has 0 aromatic heterocycles. The van der Waals surface area contributed by atoms with Crippen LogP contribution in [0.5, 0.6) is 5.75 Å². The van der Waals surface area contributed by atoms with Gasteiger partial charge in [0.05, 0.1) is 7.05 Å². The maximum absolute atomic E-state index is 11.6. The molecule has 19 heavy (non-hydrogen) atoms. The molecule has 1 saturated carbocycles. The van der Waals surface area contributed by atoms with Crippen LogP contribution in [-0.4, -0.2) is 38.7 Å². The maximum atomic E-state index is 11.6. The standard InChI is InChI=1S/C15H22N2O2/c1-12-5-3-4-6-14(12)19-10-9-17(2)11-15(18)16-13-7-8-13/h3-6,13H,7-11H2,1-2H3,(H,16,18)/p+1. The van der Waals surface area contributed by atoms with E-state index < -0.39 is 0 Å². The zero-order chi connectivity index (χ0) is 13.7. The van der Waals surface area contributed by atoms with E-state index in [-0.39, 0.29) is 5.91 Å². The number of carbonyl (C=O) groups excluding carboxylic acids is 1. The van der Waals surface area contributed by atoms with Crippen molar-refractivity contribution >= 4 is 5.91 Å². The highest BCUT2D eigenvalue weighted by Crippen LogP contribution is 2.18. The molecule has 2 rings (SSSR count). The average molecular weight is 263 g/mol. The molecule has 4 heteroatoms. The highest BCUT2D eigenvalue weighted by Gasteiger charge is 2.24. The predicted molar refractivity (Wildman–Crippen MR) is 74.5 cm³/mol. The quantitative estimate of drug-likeness (QED) is 0.736. The Bertz CT molecular complexity index is 430. The minimum absolute atomic E-state index is 0.149. The van der Waals surface area contributed by atoms with E-state index in [1.54, 1.807) is 0 Å². The summed E-state index contributed by atoms with van der Waals surface area (Å²) in [7, 11) is 2.02. The second-order valence-corrected chi connectivity index (χ2v) is 5.34. The zero-order valence-corrected chi connectivity index (χ0v) is 11.7. The van der Waals surface area contributed by atoms with Crippen molar-refractivity contribution < 1.29 is 14.4 Å². The SMILES string of the molecule is Cc1ccccc1OCC[NH+](C)CC(=O)NC1CC1. The Morgan fingerprint density at radius 1 is 1.42 bits per heavy atom. The van der Waals surface area contributed by atoms with Crippen molar-refractivity contribution in [1.29, 1.82) is 0 Å². The van der Waals surface area contributed by atoms with E-state index in [2.05, 4.69) is 5.32 Å². The molecule has 1 aliphatic carbocycles. The topological polar surface area (TPSA) is 42.8 Å². The maximum Gasteiger partial charge on any atom is 0.275 e. The van der Waals surface area contributed by atoms with Crippen LogP contribution in [-0.2, 0) is 4.79 Å². The molecular formula is C15H23N2O2+. The lowest BCUT2D eigenvalue weighted by molar-refractivity contribution is -0.871. The molecule has 0 radical (unpaired) electrons. The van der Waals surface area contributed by atoms with Crippen molar-refractivity contribution in [2.24, 2.45) is 0 Å². The number of nitrogens with one attached hydrogen (secondary N) is 2. The molecule has 0 aliphatic heterocycles. The van der Waals surface area contributed by atoms with Crippen LogP contribution in [0.15, 0.2) is 24.3 Å². The minimum atomic E-state index is 0.149. The van der Waals surface area contributed by atoms with Crippen LogP contribution >= 0.6 is 0 Å². The number of aryl methyl sites for hydroxylation is 1. The van der Waals surface area contributed by atoms with Crippen molar-refractivity contribution in [1.82, 2.24) is 5.32 Å². The van der Waals surface area contributed by atoms with Crippen molar-refractivity contribution in [3.05, 3.63) is 29.8 Å². The summed E-state index contributed by atoms with van der Waals surface area (Å²) in [6, 6.07) is 8.44. The van der Waals surface area contributed by atoms with Crippen molar-refractivity contribution in [3.63, 3.8) is 0 Å². The zero-order valence-electron chi connectivity index (χ0n) is 11.7. The van der Waals surface area contributed by atoms with E-state index in [1.807, 2.05) is 38.2 Å². The lowest BCUT2D eigenvalue weighted by Crippen LogP contribution is -3.10. The van der Waals surface area contributed by atoms with Gasteiger partial charge >= 0.3 is 0 Å². The van der Waals surface area contributed by atoms with Crippen LogP contribution in [0.25, 0.3) is 0 Å². The van der Waals surface area contributed by atoms with Gasteiger partial charge in [-0.15, -0.1) is 0 Å². The summed E-state index contributed by atoms with van der Waals surface area (Å²) in [5, 5.41) is 3.00. The number of carbonyl (C=O) groups is 1. The fourth-order valence-corrected chi connectivity index (χ4v) is 1.92. The average Bonchev–Trinajstić information content (AvgIpc) is 3.15. The Labute approximate surface area is 114 Å². The first-order valence-corrected chi connectivity index (χ1v) is 6.94. The van der Waals surface area contributed by atoms with Gasteiger partial charge in [-0.25, -0.2) is 0 Å². The van der Waals surface area contributed by atoms with E-state index in [9.17, 15) is 4.79 Å². The summed E-state index contributed by atoms with van der Waals surface area (Å²) >= 11 is 0. The molecule has 0 heterocycles. The van der Waals surface area contributed by atoms with Gasteiger partial charge in [0.2, 0.25) is 0 Å². The molecule has 1 atom stereocenters. The van der Waals surface area contributed by atoms with Gasteiger partial charge in [0, 0.05) is 6.04 Å². The fourth-order valence-electron chi connectivity index (χ4n) is 1.92. The Morgan fingerprint density at radius 2 is 2.16 bits per heavy atom. The lowest BCUT2D eigenvalue weighted by atomic mass is 10.2. The number of ether oxygens (including phenoxy) is 1. The van der Waals surface area contributed by atoms with Gasteiger partial charge in [-0.05, 0) is 31.4 Å². The number of likely N-dealkylation sites (N-methyl/N-ethyl adjacent to an activating group) is 1. The highest BCUT2D eigenvalue weighted by atomic mass is 16.5. The van der Waals surface area contributed by atoms with Crippen LogP contribution in [0, 0.1) is 6.92 Å². The van der Waals surface area contributed by atoms with Crippen molar-refractivity contribution in [2.75, 3.05) is 26.7 Å². The number of hydrogen-bond acceptors (Lipinski definition) is 2.